The van der Waals surface area contributed by atoms with E-state index in [1.165, 1.54) is 0 Å². The van der Waals surface area contributed by atoms with Crippen LogP contribution >= 0.6 is 0 Å². The third-order valence-corrected chi connectivity index (χ3v) is 3.36. The first-order valence-electron chi connectivity index (χ1n) is 7.02. The maximum atomic E-state index is 13.1. The Bertz CT molecular complexity index is 468. The van der Waals surface area contributed by atoms with E-state index in [4.69, 9.17) is 4.74 Å². The van der Waals surface area contributed by atoms with Gasteiger partial charge < -0.3 is 10.1 Å². The van der Waals surface area contributed by atoms with Gasteiger partial charge in [0.15, 0.2) is 0 Å². The number of amides is 1. The number of hydrogen-bond acceptors (Lipinski definition) is 3. The number of alkyl halides is 2. The van der Waals surface area contributed by atoms with E-state index in [2.05, 4.69) is 5.32 Å². The molecule has 6 heteroatoms. The van der Waals surface area contributed by atoms with Crippen LogP contribution in [0.4, 0.5) is 13.6 Å². The lowest BCUT2D eigenvalue weighted by Gasteiger charge is -2.21. The Labute approximate surface area is 123 Å². The highest BCUT2D eigenvalue weighted by Gasteiger charge is 2.38. The van der Waals surface area contributed by atoms with Crippen LogP contribution in [0.25, 0.3) is 0 Å². The summed E-state index contributed by atoms with van der Waals surface area (Å²) in [7, 11) is 0. The molecule has 1 fully saturated rings. The van der Waals surface area contributed by atoms with Gasteiger partial charge >= 0.3 is 6.09 Å². The van der Waals surface area contributed by atoms with Gasteiger partial charge in [-0.3, -0.25) is 4.90 Å². The summed E-state index contributed by atoms with van der Waals surface area (Å²) >= 11 is 0. The van der Waals surface area contributed by atoms with Crippen LogP contribution in [0, 0.1) is 0 Å². The molecule has 1 aliphatic heterocycles. The molecule has 2 rings (SSSR count). The highest BCUT2D eigenvalue weighted by Crippen LogP contribution is 2.26. The third kappa shape index (κ3) is 5.30. The molecule has 1 amide bonds. The fourth-order valence-corrected chi connectivity index (χ4v) is 2.36. The summed E-state index contributed by atoms with van der Waals surface area (Å²) in [6.45, 7) is 2.49. The first kappa shape index (κ1) is 15.7. The van der Waals surface area contributed by atoms with Crippen molar-refractivity contribution >= 4 is 6.09 Å². The molecule has 0 spiro atoms. The number of halogens is 2. The van der Waals surface area contributed by atoms with Crippen molar-refractivity contribution in [3.63, 3.8) is 0 Å². The van der Waals surface area contributed by atoms with Crippen molar-refractivity contribution in [2.24, 2.45) is 0 Å². The van der Waals surface area contributed by atoms with Gasteiger partial charge in [0.1, 0.15) is 6.61 Å². The van der Waals surface area contributed by atoms with E-state index >= 15 is 0 Å². The van der Waals surface area contributed by atoms with Crippen LogP contribution in [0.5, 0.6) is 0 Å². The normalized spacial score (nSPS) is 19.2. The number of ether oxygens (including phenoxy) is 1. The van der Waals surface area contributed by atoms with Crippen molar-refractivity contribution in [2.45, 2.75) is 31.9 Å². The zero-order valence-electron chi connectivity index (χ0n) is 12.0. The predicted octanol–water partition coefficient (Wildman–Crippen LogP) is 2.64. The first-order valence-corrected chi connectivity index (χ1v) is 7.02. The number of rotatable bonds is 5. The molecule has 1 heterocycles. The summed E-state index contributed by atoms with van der Waals surface area (Å²) in [4.78, 5) is 13.3. The number of carbonyl (C=O) groups excluding carboxylic acids is 1. The summed E-state index contributed by atoms with van der Waals surface area (Å²) < 4.78 is 31.2. The topological polar surface area (TPSA) is 41.6 Å². The van der Waals surface area contributed by atoms with Crippen LogP contribution in [0.15, 0.2) is 30.3 Å². The van der Waals surface area contributed by atoms with Crippen molar-refractivity contribution in [1.82, 2.24) is 10.2 Å². The number of nitrogens with one attached hydrogen (secondary N) is 1. The maximum Gasteiger partial charge on any atom is 0.407 e. The van der Waals surface area contributed by atoms with Gasteiger partial charge in [0, 0.05) is 25.6 Å². The molecule has 0 saturated carbocycles. The second-order valence-electron chi connectivity index (χ2n) is 5.45. The summed E-state index contributed by atoms with van der Waals surface area (Å²) in [6.07, 6.45) is -0.643. The van der Waals surface area contributed by atoms with E-state index in [1.54, 1.807) is 11.8 Å². The van der Waals surface area contributed by atoms with Crippen molar-refractivity contribution in [3.8, 4) is 0 Å². The second kappa shape index (κ2) is 6.85. The second-order valence-corrected chi connectivity index (χ2v) is 5.45. The monoisotopic (exact) mass is 298 g/mol. The highest BCUT2D eigenvalue weighted by atomic mass is 19.3. The van der Waals surface area contributed by atoms with Gasteiger partial charge in [0.2, 0.25) is 0 Å². The zero-order chi connectivity index (χ0) is 15.3. The molecule has 116 valence electrons. The largest absolute Gasteiger partial charge is 0.445 e. The van der Waals surface area contributed by atoms with Crippen LogP contribution in [0.2, 0.25) is 0 Å². The number of alkyl carbamates (subject to hydrolysis) is 1. The average Bonchev–Trinajstić information content (AvgIpc) is 2.76. The van der Waals surface area contributed by atoms with Crippen LogP contribution in [-0.4, -0.2) is 42.6 Å². The molecule has 0 aromatic heterocycles. The van der Waals surface area contributed by atoms with Crippen LogP contribution in [0.3, 0.4) is 0 Å². The first-order chi connectivity index (χ1) is 9.94. The minimum atomic E-state index is -2.60. The Morgan fingerprint density at radius 1 is 1.43 bits per heavy atom. The van der Waals surface area contributed by atoms with E-state index in [0.717, 1.165) is 5.56 Å². The van der Waals surface area contributed by atoms with Gasteiger partial charge in [-0.2, -0.15) is 0 Å². The number of hydrogen-bond donors (Lipinski definition) is 1. The van der Waals surface area contributed by atoms with Crippen molar-refractivity contribution in [1.29, 1.82) is 0 Å². The van der Waals surface area contributed by atoms with Gasteiger partial charge in [-0.15, -0.1) is 0 Å². The van der Waals surface area contributed by atoms with Gasteiger partial charge in [0.25, 0.3) is 5.92 Å². The molecule has 1 unspecified atom stereocenters. The molecule has 1 N–H and O–H groups in total. The molecule has 4 nitrogen and oxygen atoms in total. The summed E-state index contributed by atoms with van der Waals surface area (Å²) in [5.74, 6) is -2.60. The summed E-state index contributed by atoms with van der Waals surface area (Å²) in [5.41, 5.74) is 0.902. The molecule has 1 aromatic rings. The minimum Gasteiger partial charge on any atom is -0.445 e. The molecule has 21 heavy (non-hydrogen) atoms. The molecule has 1 atom stereocenters. The summed E-state index contributed by atoms with van der Waals surface area (Å²) in [6, 6.07) is 9.12. The lowest BCUT2D eigenvalue weighted by atomic mass is 10.2. The standard InChI is InChI=1S/C15H20F2N2O2/c1-12(9-19-8-7-15(16,17)11-19)18-14(20)21-10-13-5-3-2-4-6-13/h2-6,12H,7-11H2,1H3,(H,18,20). The average molecular weight is 298 g/mol. The van der Waals surface area contributed by atoms with Gasteiger partial charge in [-0.25, -0.2) is 13.6 Å². The van der Waals surface area contributed by atoms with E-state index in [9.17, 15) is 13.6 Å². The van der Waals surface area contributed by atoms with Crippen LogP contribution < -0.4 is 5.32 Å². The molecule has 1 aromatic carbocycles. The van der Waals surface area contributed by atoms with E-state index in [0.29, 0.717) is 13.1 Å². The Balaban J connectivity index is 1.68. The Kier molecular flexibility index (Phi) is 5.12. The number of likely N-dealkylation sites (tertiary alicyclic amines) is 1. The SMILES string of the molecule is CC(CN1CCC(F)(F)C1)NC(=O)OCc1ccccc1. The molecular weight excluding hydrogens is 278 g/mol. The van der Waals surface area contributed by atoms with Gasteiger partial charge in [0.05, 0.1) is 6.54 Å². The Morgan fingerprint density at radius 3 is 2.76 bits per heavy atom. The Hall–Kier alpha value is -1.69. The van der Waals surface area contributed by atoms with E-state index < -0.39 is 12.0 Å². The minimum absolute atomic E-state index is 0.113. The lowest BCUT2D eigenvalue weighted by Crippen LogP contribution is -2.42. The number of carbonyl (C=O) groups is 1. The maximum absolute atomic E-state index is 13.1. The van der Waals surface area contributed by atoms with Crippen molar-refractivity contribution in [3.05, 3.63) is 35.9 Å². The Morgan fingerprint density at radius 2 is 2.14 bits per heavy atom. The third-order valence-electron chi connectivity index (χ3n) is 3.36. The molecule has 0 bridgehead atoms. The zero-order valence-corrected chi connectivity index (χ0v) is 12.0. The van der Waals surface area contributed by atoms with E-state index in [-0.39, 0.29) is 25.6 Å². The van der Waals surface area contributed by atoms with E-state index in [1.807, 2.05) is 30.3 Å². The summed E-state index contributed by atoms with van der Waals surface area (Å²) in [5, 5.41) is 2.66. The van der Waals surface area contributed by atoms with Crippen molar-refractivity contribution < 1.29 is 18.3 Å². The molecule has 1 saturated heterocycles. The highest BCUT2D eigenvalue weighted by molar-refractivity contribution is 5.67. The quantitative estimate of drug-likeness (QED) is 0.908. The molecule has 1 aliphatic rings. The number of nitrogens with zero attached hydrogens (tertiary/aromatic N) is 1. The molecule has 0 aliphatic carbocycles. The smallest absolute Gasteiger partial charge is 0.407 e. The molecule has 0 radical (unpaired) electrons. The van der Waals surface area contributed by atoms with Crippen molar-refractivity contribution in [2.75, 3.05) is 19.6 Å². The number of benzene rings is 1. The fraction of sp³-hybridized carbons (Fsp3) is 0.533. The van der Waals surface area contributed by atoms with Gasteiger partial charge in [-0.1, -0.05) is 30.3 Å². The molecular formula is C15H20F2N2O2. The lowest BCUT2D eigenvalue weighted by molar-refractivity contribution is 0.0116. The van der Waals surface area contributed by atoms with Crippen LogP contribution in [0.1, 0.15) is 18.9 Å². The van der Waals surface area contributed by atoms with Gasteiger partial charge in [-0.05, 0) is 12.5 Å². The predicted molar refractivity (Wildman–Crippen MR) is 75.2 cm³/mol. The fourth-order valence-electron chi connectivity index (χ4n) is 2.36. The van der Waals surface area contributed by atoms with Crippen LogP contribution in [-0.2, 0) is 11.3 Å².